The number of carbonyl (C=O) groups is 1. The Morgan fingerprint density at radius 2 is 1.57 bits per heavy atom. The van der Waals surface area contributed by atoms with Gasteiger partial charge in [-0.15, -0.1) is 11.3 Å². The second kappa shape index (κ2) is 11.1. The average molecular weight is 478 g/mol. The van der Waals surface area contributed by atoms with Crippen LogP contribution in [0, 0.1) is 11.3 Å². The minimum Gasteiger partial charge on any atom is -0.345 e. The van der Waals surface area contributed by atoms with Crippen molar-refractivity contribution in [2.45, 2.75) is 13.0 Å². The van der Waals surface area contributed by atoms with E-state index in [0.717, 1.165) is 22.5 Å². The predicted molar refractivity (Wildman–Crippen MR) is 141 cm³/mol. The van der Waals surface area contributed by atoms with Gasteiger partial charge in [-0.3, -0.25) is 14.2 Å². The van der Waals surface area contributed by atoms with Gasteiger partial charge in [0.1, 0.15) is 10.7 Å². The van der Waals surface area contributed by atoms with Crippen molar-refractivity contribution in [2.24, 2.45) is 0 Å². The lowest BCUT2D eigenvalue weighted by Gasteiger charge is -2.13. The third kappa shape index (κ3) is 5.55. The monoisotopic (exact) mass is 477 g/mol. The van der Waals surface area contributed by atoms with E-state index in [1.807, 2.05) is 97.9 Å². The van der Waals surface area contributed by atoms with Gasteiger partial charge in [0.25, 0.3) is 11.5 Å². The summed E-state index contributed by atoms with van der Waals surface area (Å²) in [4.78, 5) is 26.5. The minimum absolute atomic E-state index is 0.106. The van der Waals surface area contributed by atoms with Crippen LogP contribution in [0.25, 0.3) is 23.4 Å². The number of hydrogen-bond donors (Lipinski definition) is 1. The van der Waals surface area contributed by atoms with Crippen LogP contribution in [0.5, 0.6) is 0 Å². The van der Waals surface area contributed by atoms with E-state index >= 15 is 0 Å². The van der Waals surface area contributed by atoms with Gasteiger partial charge in [0.05, 0.1) is 16.3 Å². The first kappa shape index (κ1) is 23.7. The van der Waals surface area contributed by atoms with Crippen molar-refractivity contribution in [3.63, 3.8) is 0 Å². The number of benzene rings is 3. The number of para-hydroxylation sites is 1. The van der Waals surface area contributed by atoms with Crippen molar-refractivity contribution >= 4 is 35.0 Å². The van der Waals surface area contributed by atoms with Crippen LogP contribution in [0.2, 0.25) is 0 Å². The van der Waals surface area contributed by atoms with Gasteiger partial charge < -0.3 is 5.32 Å². The van der Waals surface area contributed by atoms with Crippen LogP contribution in [-0.2, 0) is 4.79 Å². The smallest absolute Gasteiger partial charge is 0.273 e. The number of rotatable bonds is 6. The van der Waals surface area contributed by atoms with Gasteiger partial charge in [-0.05, 0) is 36.3 Å². The van der Waals surface area contributed by atoms with Crippen LogP contribution < -0.4 is 20.1 Å². The molecule has 0 fully saturated rings. The van der Waals surface area contributed by atoms with E-state index < -0.39 is 5.91 Å². The molecule has 0 aliphatic carbocycles. The molecule has 1 aromatic heterocycles. The number of nitrogens with one attached hydrogen (secondary N) is 1. The fraction of sp³-hybridized carbons (Fsp3) is 0.0690. The number of aromatic nitrogens is 1. The largest absolute Gasteiger partial charge is 0.345 e. The lowest BCUT2D eigenvalue weighted by Crippen LogP contribution is -2.34. The van der Waals surface area contributed by atoms with Crippen molar-refractivity contribution in [3.05, 3.63) is 128 Å². The van der Waals surface area contributed by atoms with Crippen molar-refractivity contribution in [3.8, 4) is 11.8 Å². The Balaban J connectivity index is 1.82. The SMILES string of the molecule is CC(NC(=O)C(C#N)=c1sc(=CC=Cc2ccccc2)c(=O)n1-c1ccccc1)c1ccccc1. The first-order chi connectivity index (χ1) is 17.1. The number of hydrogen-bond acceptors (Lipinski definition) is 4. The van der Waals surface area contributed by atoms with E-state index in [-0.39, 0.29) is 17.2 Å². The molecule has 4 rings (SSSR count). The van der Waals surface area contributed by atoms with Crippen molar-refractivity contribution in [1.29, 1.82) is 5.26 Å². The fourth-order valence-corrected chi connectivity index (χ4v) is 4.63. The molecule has 1 amide bonds. The van der Waals surface area contributed by atoms with Crippen LogP contribution in [0.3, 0.4) is 0 Å². The number of nitrogens with zero attached hydrogens (tertiary/aromatic N) is 2. The summed E-state index contributed by atoms with van der Waals surface area (Å²) in [5.74, 6) is -0.527. The molecule has 4 aromatic rings. The molecule has 0 aliphatic rings. The van der Waals surface area contributed by atoms with E-state index in [1.165, 1.54) is 4.57 Å². The van der Waals surface area contributed by atoms with Crippen LogP contribution in [-0.4, -0.2) is 10.5 Å². The summed E-state index contributed by atoms with van der Waals surface area (Å²) >= 11 is 1.12. The quantitative estimate of drug-likeness (QED) is 0.457. The maximum absolute atomic E-state index is 13.4. The van der Waals surface area contributed by atoms with Gasteiger partial charge >= 0.3 is 0 Å². The van der Waals surface area contributed by atoms with E-state index in [0.29, 0.717) is 14.9 Å². The molecule has 0 saturated heterocycles. The molecule has 172 valence electrons. The minimum atomic E-state index is -0.527. The van der Waals surface area contributed by atoms with Gasteiger partial charge in [-0.2, -0.15) is 5.26 Å². The zero-order valence-corrected chi connectivity index (χ0v) is 19.9. The molecule has 0 bridgehead atoms. The Morgan fingerprint density at radius 1 is 0.971 bits per heavy atom. The second-order valence-corrected chi connectivity index (χ2v) is 8.81. The van der Waals surface area contributed by atoms with Gasteiger partial charge in [0.2, 0.25) is 0 Å². The lowest BCUT2D eigenvalue weighted by molar-refractivity contribution is -0.116. The zero-order valence-electron chi connectivity index (χ0n) is 19.1. The van der Waals surface area contributed by atoms with E-state index in [4.69, 9.17) is 0 Å². The van der Waals surface area contributed by atoms with Crippen molar-refractivity contribution in [2.75, 3.05) is 0 Å². The molecule has 3 aromatic carbocycles. The number of carbonyl (C=O) groups excluding carboxylic acids is 1. The molecule has 0 saturated carbocycles. The van der Waals surface area contributed by atoms with Crippen LogP contribution in [0.4, 0.5) is 0 Å². The second-order valence-electron chi connectivity index (χ2n) is 7.78. The summed E-state index contributed by atoms with van der Waals surface area (Å²) in [6.07, 6.45) is 5.41. The zero-order chi connectivity index (χ0) is 24.6. The number of allylic oxidation sites excluding steroid dienone is 1. The highest BCUT2D eigenvalue weighted by Gasteiger charge is 2.18. The van der Waals surface area contributed by atoms with Crippen LogP contribution in [0.15, 0.2) is 102 Å². The van der Waals surface area contributed by atoms with E-state index in [1.54, 1.807) is 24.3 Å². The molecule has 0 aliphatic heterocycles. The molecule has 1 unspecified atom stereocenters. The summed E-state index contributed by atoms with van der Waals surface area (Å²) in [7, 11) is 0. The molecule has 5 nitrogen and oxygen atoms in total. The maximum atomic E-state index is 13.4. The third-order valence-electron chi connectivity index (χ3n) is 5.37. The molecular weight excluding hydrogens is 454 g/mol. The topological polar surface area (TPSA) is 74.9 Å². The molecule has 1 heterocycles. The van der Waals surface area contributed by atoms with Crippen molar-refractivity contribution in [1.82, 2.24) is 9.88 Å². The Kier molecular flexibility index (Phi) is 7.51. The number of thiazole rings is 1. The highest BCUT2D eigenvalue weighted by Crippen LogP contribution is 2.12. The fourth-order valence-electron chi connectivity index (χ4n) is 3.58. The molecular formula is C29H23N3O2S. The average Bonchev–Trinajstić information content (AvgIpc) is 3.21. The predicted octanol–water partition coefficient (Wildman–Crippen LogP) is 3.94. The van der Waals surface area contributed by atoms with Crippen LogP contribution >= 0.6 is 11.3 Å². The molecule has 6 heteroatoms. The number of amides is 1. The molecule has 35 heavy (non-hydrogen) atoms. The summed E-state index contributed by atoms with van der Waals surface area (Å²) in [5, 5.41) is 12.8. The van der Waals surface area contributed by atoms with E-state index in [2.05, 4.69) is 5.32 Å². The Bertz CT molecular complexity index is 1560. The highest BCUT2D eigenvalue weighted by atomic mass is 32.1. The molecule has 1 atom stereocenters. The summed E-state index contributed by atoms with van der Waals surface area (Å²) in [5.41, 5.74) is 2.12. The first-order valence-electron chi connectivity index (χ1n) is 11.1. The van der Waals surface area contributed by atoms with Gasteiger partial charge in [0.15, 0.2) is 5.57 Å². The van der Waals surface area contributed by atoms with E-state index in [9.17, 15) is 14.9 Å². The Hall–Kier alpha value is -4.47. The summed E-state index contributed by atoms with van der Waals surface area (Å²) in [6, 6.07) is 30.0. The summed E-state index contributed by atoms with van der Waals surface area (Å²) in [6.45, 7) is 1.86. The summed E-state index contributed by atoms with van der Waals surface area (Å²) < 4.78 is 2.14. The van der Waals surface area contributed by atoms with Gasteiger partial charge in [-0.1, -0.05) is 91.0 Å². The maximum Gasteiger partial charge on any atom is 0.273 e. The molecule has 1 N–H and O–H groups in total. The molecule has 0 radical (unpaired) electrons. The first-order valence-corrected chi connectivity index (χ1v) is 11.9. The van der Waals surface area contributed by atoms with Crippen LogP contribution in [0.1, 0.15) is 24.1 Å². The highest BCUT2D eigenvalue weighted by molar-refractivity contribution is 7.07. The van der Waals surface area contributed by atoms with Gasteiger partial charge in [0, 0.05) is 0 Å². The normalized spacial score (nSPS) is 13.3. The standard InChI is InChI=1S/C29H23N3O2S/c1-21(23-15-7-3-8-16-23)31-27(33)25(20-30)29-32(24-17-9-4-10-18-24)28(34)26(35-29)19-11-14-22-12-5-2-6-13-22/h2-19,21H,1H3,(H,31,33). The number of nitriles is 1. The molecule has 0 spiro atoms. The van der Waals surface area contributed by atoms with Gasteiger partial charge in [-0.25, -0.2) is 0 Å². The Morgan fingerprint density at radius 3 is 2.20 bits per heavy atom. The Labute approximate surface area is 207 Å². The third-order valence-corrected chi connectivity index (χ3v) is 6.48. The van der Waals surface area contributed by atoms with Crippen molar-refractivity contribution < 1.29 is 4.79 Å². The lowest BCUT2D eigenvalue weighted by atomic mass is 10.1.